The van der Waals surface area contributed by atoms with Crippen molar-refractivity contribution in [2.45, 2.75) is 31.6 Å². The van der Waals surface area contributed by atoms with Gasteiger partial charge in [-0.05, 0) is 56.6 Å². The molecule has 1 aliphatic rings. The van der Waals surface area contributed by atoms with Gasteiger partial charge in [0.05, 0.1) is 11.6 Å². The van der Waals surface area contributed by atoms with Crippen LogP contribution in [0.1, 0.15) is 30.4 Å². The molecule has 0 bridgehead atoms. The molecule has 0 aliphatic carbocycles. The number of rotatable bonds is 4. The lowest BCUT2D eigenvalue weighted by atomic mass is 9.89. The van der Waals surface area contributed by atoms with E-state index in [1.807, 2.05) is 13.1 Å². The molecule has 0 saturated carbocycles. The zero-order valence-electron chi connectivity index (χ0n) is 11.8. The Morgan fingerprint density at radius 1 is 1.25 bits per heavy atom. The first kappa shape index (κ1) is 14.9. The minimum Gasteiger partial charge on any atom is -0.306 e. The Labute approximate surface area is 119 Å². The third-order valence-corrected chi connectivity index (χ3v) is 3.97. The molecule has 0 radical (unpaired) electrons. The number of benzene rings is 1. The summed E-state index contributed by atoms with van der Waals surface area (Å²) in [5, 5.41) is 8.70. The van der Waals surface area contributed by atoms with Crippen LogP contribution >= 0.6 is 0 Å². The van der Waals surface area contributed by atoms with Crippen molar-refractivity contribution < 1.29 is 8.78 Å². The Hall–Kier alpha value is -1.47. The lowest BCUT2D eigenvalue weighted by Gasteiger charge is -2.31. The standard InChI is InChI=1S/C16H20F2N2/c1-20-8-6-14(7-9-20)11-16(17,18)10-13-2-4-15(12-19)5-3-13/h2-5,14H,6-11H2,1H3. The molecule has 0 amide bonds. The van der Waals surface area contributed by atoms with E-state index >= 15 is 0 Å². The van der Waals surface area contributed by atoms with Crippen LogP contribution in [0.5, 0.6) is 0 Å². The van der Waals surface area contributed by atoms with Crippen LogP contribution in [0.2, 0.25) is 0 Å². The summed E-state index contributed by atoms with van der Waals surface area (Å²) in [6.07, 6.45) is 1.46. The predicted molar refractivity (Wildman–Crippen MR) is 74.6 cm³/mol. The molecular formula is C16H20F2N2. The first-order chi connectivity index (χ1) is 9.48. The highest BCUT2D eigenvalue weighted by Gasteiger charge is 2.33. The molecular weight excluding hydrogens is 258 g/mol. The highest BCUT2D eigenvalue weighted by atomic mass is 19.3. The second kappa shape index (κ2) is 6.32. The molecule has 1 fully saturated rings. The number of nitrogens with zero attached hydrogens (tertiary/aromatic N) is 2. The highest BCUT2D eigenvalue weighted by Crippen LogP contribution is 2.32. The molecule has 108 valence electrons. The van der Waals surface area contributed by atoms with Gasteiger partial charge in [-0.3, -0.25) is 0 Å². The Bertz CT molecular complexity index is 468. The number of halogens is 2. The fourth-order valence-corrected chi connectivity index (χ4v) is 2.76. The second-order valence-corrected chi connectivity index (χ2v) is 5.79. The van der Waals surface area contributed by atoms with Crippen LogP contribution in [0.15, 0.2) is 24.3 Å². The van der Waals surface area contributed by atoms with E-state index in [1.165, 1.54) is 0 Å². The summed E-state index contributed by atoms with van der Waals surface area (Å²) >= 11 is 0. The summed E-state index contributed by atoms with van der Waals surface area (Å²) in [5.41, 5.74) is 1.11. The van der Waals surface area contributed by atoms with Crippen molar-refractivity contribution in [3.8, 4) is 6.07 Å². The minimum atomic E-state index is -2.66. The molecule has 0 unspecified atom stereocenters. The highest BCUT2D eigenvalue weighted by molar-refractivity contribution is 5.32. The summed E-state index contributed by atoms with van der Waals surface area (Å²) in [7, 11) is 2.03. The van der Waals surface area contributed by atoms with E-state index in [-0.39, 0.29) is 18.8 Å². The largest absolute Gasteiger partial charge is 0.306 e. The molecule has 0 aromatic heterocycles. The van der Waals surface area contributed by atoms with Gasteiger partial charge in [0.15, 0.2) is 0 Å². The SMILES string of the molecule is CN1CCC(CC(F)(F)Cc2ccc(C#N)cc2)CC1. The van der Waals surface area contributed by atoms with Gasteiger partial charge in [-0.25, -0.2) is 8.78 Å². The van der Waals surface area contributed by atoms with Crippen molar-refractivity contribution in [1.29, 1.82) is 5.26 Å². The Kier molecular flexibility index (Phi) is 4.72. The van der Waals surface area contributed by atoms with Crippen LogP contribution in [-0.2, 0) is 6.42 Å². The van der Waals surface area contributed by atoms with Crippen LogP contribution < -0.4 is 0 Å². The number of hydrogen-bond acceptors (Lipinski definition) is 2. The maximum absolute atomic E-state index is 14.1. The molecule has 1 aromatic carbocycles. The summed E-state index contributed by atoms with van der Waals surface area (Å²) in [6.45, 7) is 1.83. The van der Waals surface area contributed by atoms with Gasteiger partial charge >= 0.3 is 0 Å². The summed E-state index contributed by atoms with van der Waals surface area (Å²) in [6, 6.07) is 8.44. The Morgan fingerprint density at radius 3 is 2.40 bits per heavy atom. The molecule has 1 saturated heterocycles. The first-order valence-corrected chi connectivity index (χ1v) is 7.04. The molecule has 1 heterocycles. The quantitative estimate of drug-likeness (QED) is 0.843. The average molecular weight is 278 g/mol. The smallest absolute Gasteiger partial charge is 0.252 e. The maximum Gasteiger partial charge on any atom is 0.252 e. The zero-order chi connectivity index (χ0) is 14.6. The maximum atomic E-state index is 14.1. The van der Waals surface area contributed by atoms with E-state index < -0.39 is 5.92 Å². The van der Waals surface area contributed by atoms with Crippen LogP contribution in [0.4, 0.5) is 8.78 Å². The molecule has 0 atom stereocenters. The fourth-order valence-electron chi connectivity index (χ4n) is 2.76. The van der Waals surface area contributed by atoms with Crippen LogP contribution in [0, 0.1) is 17.2 Å². The topological polar surface area (TPSA) is 27.0 Å². The average Bonchev–Trinajstić information content (AvgIpc) is 2.41. The fraction of sp³-hybridized carbons (Fsp3) is 0.562. The monoisotopic (exact) mass is 278 g/mol. The summed E-state index contributed by atoms with van der Waals surface area (Å²) in [5.74, 6) is -2.53. The van der Waals surface area contributed by atoms with E-state index in [0.29, 0.717) is 11.1 Å². The first-order valence-electron chi connectivity index (χ1n) is 7.04. The molecule has 0 spiro atoms. The van der Waals surface area contributed by atoms with Gasteiger partial charge in [0.2, 0.25) is 0 Å². The second-order valence-electron chi connectivity index (χ2n) is 5.79. The molecule has 2 nitrogen and oxygen atoms in total. The van der Waals surface area contributed by atoms with Crippen molar-refractivity contribution in [2.24, 2.45) is 5.92 Å². The van der Waals surface area contributed by atoms with Gasteiger partial charge in [0.1, 0.15) is 0 Å². The third kappa shape index (κ3) is 4.28. The number of likely N-dealkylation sites (tertiary alicyclic amines) is 1. The summed E-state index contributed by atoms with van der Waals surface area (Å²) < 4.78 is 28.2. The van der Waals surface area contributed by atoms with E-state index in [4.69, 9.17) is 5.26 Å². The van der Waals surface area contributed by atoms with Crippen molar-refractivity contribution in [1.82, 2.24) is 4.90 Å². The molecule has 1 aromatic rings. The van der Waals surface area contributed by atoms with Gasteiger partial charge in [-0.15, -0.1) is 0 Å². The number of piperidine rings is 1. The van der Waals surface area contributed by atoms with Gasteiger partial charge in [0.25, 0.3) is 5.92 Å². The zero-order valence-corrected chi connectivity index (χ0v) is 11.8. The predicted octanol–water partition coefficient (Wildman–Crippen LogP) is 3.47. The van der Waals surface area contributed by atoms with Crippen molar-refractivity contribution in [3.63, 3.8) is 0 Å². The van der Waals surface area contributed by atoms with E-state index in [0.717, 1.165) is 25.9 Å². The molecule has 2 rings (SSSR count). The molecule has 20 heavy (non-hydrogen) atoms. The summed E-state index contributed by atoms with van der Waals surface area (Å²) in [4.78, 5) is 2.19. The third-order valence-electron chi connectivity index (χ3n) is 3.97. The lowest BCUT2D eigenvalue weighted by Crippen LogP contribution is -2.33. The van der Waals surface area contributed by atoms with Gasteiger partial charge in [0, 0.05) is 12.8 Å². The van der Waals surface area contributed by atoms with Gasteiger partial charge < -0.3 is 4.90 Å². The molecule has 1 aliphatic heterocycles. The van der Waals surface area contributed by atoms with Gasteiger partial charge in [-0.2, -0.15) is 5.26 Å². The van der Waals surface area contributed by atoms with Crippen LogP contribution in [0.25, 0.3) is 0 Å². The van der Waals surface area contributed by atoms with Crippen LogP contribution in [0.3, 0.4) is 0 Å². The van der Waals surface area contributed by atoms with E-state index in [2.05, 4.69) is 4.90 Å². The van der Waals surface area contributed by atoms with E-state index in [9.17, 15) is 8.78 Å². The Morgan fingerprint density at radius 2 is 1.85 bits per heavy atom. The number of alkyl halides is 2. The number of hydrogen-bond donors (Lipinski definition) is 0. The molecule has 4 heteroatoms. The number of nitriles is 1. The van der Waals surface area contributed by atoms with Crippen molar-refractivity contribution >= 4 is 0 Å². The van der Waals surface area contributed by atoms with Crippen molar-refractivity contribution in [3.05, 3.63) is 35.4 Å². The molecule has 0 N–H and O–H groups in total. The van der Waals surface area contributed by atoms with Crippen molar-refractivity contribution in [2.75, 3.05) is 20.1 Å². The van der Waals surface area contributed by atoms with E-state index in [1.54, 1.807) is 24.3 Å². The van der Waals surface area contributed by atoms with Crippen LogP contribution in [-0.4, -0.2) is 31.0 Å². The lowest BCUT2D eigenvalue weighted by molar-refractivity contribution is -0.0297. The normalized spacial score (nSPS) is 17.9. The van der Waals surface area contributed by atoms with Gasteiger partial charge in [-0.1, -0.05) is 12.1 Å². The minimum absolute atomic E-state index is 0.0269. The Balaban J connectivity index is 1.91.